The van der Waals surface area contributed by atoms with Gasteiger partial charge in [-0.25, -0.2) is 0 Å². The number of methoxy groups -OCH3 is 2. The molecular formula is C46H74N8O7. The molecular weight excluding hydrogens is 777 g/mol. The predicted octanol–water partition coefficient (Wildman–Crippen LogP) is 3.65. The number of pyridine rings is 1. The molecule has 5 N–H and O–H groups in total. The standard InChI is InChI=1S/C46H74N8O7/c1-13-30(6)41(53(10)46(59)39(28(2)3)51-45(58)40(29(4)5)52(8)9)37(60-11)26-38(55)54-24-16-18-36(54)42(61-12)31(7)43(56)50-35(25-34-17-14-15-23-48-34)44(57)49-27-32-19-21-33(47)22-20-32/h14-15,17,19-23,28-31,35-37,39-42H,13,16,18,24-27,47H2,1-12H3,(H,49,57)(H,50,56)(H,51,58)/t30-,31+,35-,36-,37+,39-,40?,41?,42+/m0/s1. The Labute approximate surface area is 364 Å². The molecule has 1 aliphatic heterocycles. The minimum atomic E-state index is -0.926. The van der Waals surface area contributed by atoms with E-state index >= 15 is 0 Å². The lowest BCUT2D eigenvalue weighted by Gasteiger charge is -2.41. The van der Waals surface area contributed by atoms with E-state index in [1.165, 1.54) is 7.11 Å². The Morgan fingerprint density at radius 3 is 2.10 bits per heavy atom. The van der Waals surface area contributed by atoms with E-state index in [1.807, 2.05) is 78.7 Å². The average Bonchev–Trinajstić information content (AvgIpc) is 3.71. The predicted molar refractivity (Wildman–Crippen MR) is 238 cm³/mol. The fourth-order valence-electron chi connectivity index (χ4n) is 8.60. The van der Waals surface area contributed by atoms with Crippen molar-refractivity contribution in [1.29, 1.82) is 0 Å². The van der Waals surface area contributed by atoms with Gasteiger partial charge in [0, 0.05) is 58.4 Å². The van der Waals surface area contributed by atoms with Gasteiger partial charge in [-0.05, 0) is 74.5 Å². The quantitative estimate of drug-likeness (QED) is 0.120. The monoisotopic (exact) mass is 851 g/mol. The number of nitrogens with one attached hydrogen (secondary N) is 3. The van der Waals surface area contributed by atoms with Gasteiger partial charge in [0.2, 0.25) is 29.5 Å². The first-order valence-electron chi connectivity index (χ1n) is 21.8. The molecule has 2 aromatic rings. The summed E-state index contributed by atoms with van der Waals surface area (Å²) in [4.78, 5) is 79.5. The average molecular weight is 851 g/mol. The van der Waals surface area contributed by atoms with E-state index in [0.29, 0.717) is 30.8 Å². The van der Waals surface area contributed by atoms with Crippen LogP contribution in [0.4, 0.5) is 5.69 Å². The molecule has 0 spiro atoms. The summed E-state index contributed by atoms with van der Waals surface area (Å²) in [6, 6.07) is 9.58. The second kappa shape index (κ2) is 24.1. The zero-order chi connectivity index (χ0) is 45.6. The molecule has 0 radical (unpaired) electrons. The van der Waals surface area contributed by atoms with Crippen LogP contribution in [0.25, 0.3) is 0 Å². The van der Waals surface area contributed by atoms with Gasteiger partial charge in [-0.2, -0.15) is 0 Å². The lowest BCUT2D eigenvalue weighted by molar-refractivity contribution is -0.148. The Kier molecular flexibility index (Phi) is 20.1. The van der Waals surface area contributed by atoms with Crippen LogP contribution in [0.1, 0.15) is 85.4 Å². The summed E-state index contributed by atoms with van der Waals surface area (Å²) < 4.78 is 12.1. The highest BCUT2D eigenvalue weighted by Crippen LogP contribution is 2.30. The highest BCUT2D eigenvalue weighted by molar-refractivity contribution is 5.90. The van der Waals surface area contributed by atoms with Gasteiger partial charge in [-0.1, -0.05) is 73.1 Å². The largest absolute Gasteiger partial charge is 0.399 e. The summed E-state index contributed by atoms with van der Waals surface area (Å²) in [5.41, 5.74) is 7.95. The third-order valence-electron chi connectivity index (χ3n) is 12.2. The van der Waals surface area contributed by atoms with E-state index in [0.717, 1.165) is 12.0 Å². The molecule has 0 saturated carbocycles. The number of ether oxygens (including phenoxy) is 2. The molecule has 1 fully saturated rings. The van der Waals surface area contributed by atoms with Gasteiger partial charge >= 0.3 is 0 Å². The molecule has 3 rings (SSSR count). The first-order valence-corrected chi connectivity index (χ1v) is 21.8. The summed E-state index contributed by atoms with van der Waals surface area (Å²) in [5, 5.41) is 8.93. The number of nitrogen functional groups attached to an aromatic ring is 1. The zero-order valence-corrected chi connectivity index (χ0v) is 38.6. The number of likely N-dealkylation sites (N-methyl/N-ethyl adjacent to an activating group) is 2. The van der Waals surface area contributed by atoms with Gasteiger partial charge < -0.3 is 41.0 Å². The Balaban J connectivity index is 1.79. The Bertz CT molecular complexity index is 1700. The number of hydrogen-bond acceptors (Lipinski definition) is 10. The molecule has 61 heavy (non-hydrogen) atoms. The van der Waals surface area contributed by atoms with E-state index in [1.54, 1.807) is 61.3 Å². The maximum atomic E-state index is 14.4. The van der Waals surface area contributed by atoms with Crippen LogP contribution in [0.15, 0.2) is 48.7 Å². The van der Waals surface area contributed by atoms with Crippen molar-refractivity contribution in [3.05, 3.63) is 59.9 Å². The lowest BCUT2D eigenvalue weighted by Crippen LogP contribution is -2.59. The van der Waals surface area contributed by atoms with E-state index in [9.17, 15) is 24.0 Å². The number of amides is 5. The number of carbonyl (C=O) groups excluding carboxylic acids is 5. The molecule has 0 aliphatic carbocycles. The third kappa shape index (κ3) is 14.0. The van der Waals surface area contributed by atoms with E-state index in [2.05, 4.69) is 20.9 Å². The van der Waals surface area contributed by atoms with Crippen LogP contribution >= 0.6 is 0 Å². The first-order chi connectivity index (χ1) is 28.9. The summed E-state index contributed by atoms with van der Waals surface area (Å²) >= 11 is 0. The van der Waals surface area contributed by atoms with Crippen molar-refractivity contribution in [3.63, 3.8) is 0 Å². The molecule has 1 aliphatic rings. The topological polar surface area (TPSA) is 189 Å². The van der Waals surface area contributed by atoms with E-state index in [-0.39, 0.29) is 60.8 Å². The van der Waals surface area contributed by atoms with E-state index < -0.39 is 54.2 Å². The van der Waals surface area contributed by atoms with Crippen LogP contribution in [0, 0.1) is 23.7 Å². The molecule has 1 aromatic carbocycles. The van der Waals surface area contributed by atoms with Crippen LogP contribution < -0.4 is 21.7 Å². The number of hydrogen-bond donors (Lipinski definition) is 4. The van der Waals surface area contributed by atoms with Crippen molar-refractivity contribution in [3.8, 4) is 0 Å². The molecule has 9 atom stereocenters. The number of anilines is 1. The zero-order valence-electron chi connectivity index (χ0n) is 38.6. The number of benzene rings is 1. The van der Waals surface area contributed by atoms with Gasteiger partial charge in [0.25, 0.3) is 0 Å². The minimum Gasteiger partial charge on any atom is -0.399 e. The van der Waals surface area contributed by atoms with Crippen LogP contribution in [0.2, 0.25) is 0 Å². The van der Waals surface area contributed by atoms with Crippen LogP contribution in [-0.4, -0.2) is 134 Å². The van der Waals surface area contributed by atoms with Crippen LogP contribution in [0.3, 0.4) is 0 Å². The van der Waals surface area contributed by atoms with Crippen molar-refractivity contribution in [1.82, 2.24) is 35.6 Å². The summed E-state index contributed by atoms with van der Waals surface area (Å²) in [7, 11) is 8.51. The molecule has 1 aromatic heterocycles. The van der Waals surface area contributed by atoms with Crippen LogP contribution in [-0.2, 0) is 46.4 Å². The van der Waals surface area contributed by atoms with Crippen molar-refractivity contribution in [2.24, 2.45) is 23.7 Å². The molecule has 1 saturated heterocycles. The maximum Gasteiger partial charge on any atom is 0.245 e. The van der Waals surface area contributed by atoms with Gasteiger partial charge in [0.15, 0.2) is 0 Å². The summed E-state index contributed by atoms with van der Waals surface area (Å²) in [6.45, 7) is 14.3. The van der Waals surface area contributed by atoms with E-state index in [4.69, 9.17) is 15.2 Å². The number of nitrogens with two attached hydrogens (primary N) is 1. The molecule has 15 heteroatoms. The Morgan fingerprint density at radius 1 is 0.885 bits per heavy atom. The molecule has 15 nitrogen and oxygen atoms in total. The molecule has 5 amide bonds. The smallest absolute Gasteiger partial charge is 0.245 e. The number of likely N-dealkylation sites (tertiary alicyclic amines) is 1. The molecule has 2 unspecified atom stereocenters. The lowest BCUT2D eigenvalue weighted by atomic mass is 9.89. The molecule has 0 bridgehead atoms. The Morgan fingerprint density at radius 2 is 1.56 bits per heavy atom. The van der Waals surface area contributed by atoms with Gasteiger partial charge in [0.1, 0.15) is 12.1 Å². The first kappa shape index (κ1) is 50.8. The SMILES string of the molecule is CC[C@H](C)C([C@@H](CC(=O)N1CCC[C@H]1[C@H](OC)[C@@H](C)C(=O)N[C@@H](Cc1ccccn1)C(=O)NCc1ccc(N)cc1)OC)N(C)C(=O)[C@@H](NC(=O)C(C(C)C)N(C)C)C(C)C. The molecule has 340 valence electrons. The minimum absolute atomic E-state index is 0.00821. The second-order valence-electron chi connectivity index (χ2n) is 17.5. The third-order valence-corrected chi connectivity index (χ3v) is 12.2. The summed E-state index contributed by atoms with van der Waals surface area (Å²) in [5.74, 6) is -2.34. The number of nitrogens with zero attached hydrogens (tertiary/aromatic N) is 4. The number of carbonyl (C=O) groups is 5. The number of aromatic nitrogens is 1. The second-order valence-corrected chi connectivity index (χ2v) is 17.5. The normalized spacial score (nSPS) is 18.1. The fourth-order valence-corrected chi connectivity index (χ4v) is 8.60. The highest BCUT2D eigenvalue weighted by atomic mass is 16.5. The maximum absolute atomic E-state index is 14.4. The van der Waals surface area contributed by atoms with Gasteiger partial charge in [-0.3, -0.25) is 33.9 Å². The Hall–Kier alpha value is -4.60. The van der Waals surface area contributed by atoms with Crippen molar-refractivity contribution < 1.29 is 33.4 Å². The highest BCUT2D eigenvalue weighted by Gasteiger charge is 2.43. The van der Waals surface area contributed by atoms with Gasteiger partial charge in [-0.15, -0.1) is 0 Å². The number of rotatable bonds is 23. The fraction of sp³-hybridized carbons (Fsp3) is 0.652. The van der Waals surface area contributed by atoms with Crippen molar-refractivity contribution in [2.75, 3.05) is 47.6 Å². The molecule has 2 heterocycles. The van der Waals surface area contributed by atoms with Crippen molar-refractivity contribution in [2.45, 2.75) is 130 Å². The van der Waals surface area contributed by atoms with Crippen LogP contribution in [0.5, 0.6) is 0 Å². The van der Waals surface area contributed by atoms with Crippen molar-refractivity contribution >= 4 is 35.2 Å². The summed E-state index contributed by atoms with van der Waals surface area (Å²) in [6.07, 6.45) is 2.52. The van der Waals surface area contributed by atoms with Gasteiger partial charge in [0.05, 0.1) is 42.7 Å².